The van der Waals surface area contributed by atoms with Gasteiger partial charge in [-0.3, -0.25) is 9.10 Å². The van der Waals surface area contributed by atoms with Crippen molar-refractivity contribution in [1.82, 2.24) is 0 Å². The zero-order valence-electron chi connectivity index (χ0n) is 15.2. The number of hydrogen-bond acceptors (Lipinski definition) is 3. The third-order valence-electron chi connectivity index (χ3n) is 3.99. The standard InChI is InChI=1S/C19H23FN2O3S/c1-13(2)17-10-5-6-11-18(17)21-19(23)14(3)22(26(4,24)25)16-9-7-8-15(20)12-16/h5-14H,1-4H3,(H,21,23)/t14-/m0/s1. The molecule has 0 saturated heterocycles. The fourth-order valence-electron chi connectivity index (χ4n) is 2.77. The molecule has 0 aliphatic heterocycles. The molecule has 1 atom stereocenters. The molecule has 0 heterocycles. The summed E-state index contributed by atoms with van der Waals surface area (Å²) in [5.41, 5.74) is 1.68. The molecule has 26 heavy (non-hydrogen) atoms. The van der Waals surface area contributed by atoms with E-state index in [4.69, 9.17) is 0 Å². The Hall–Kier alpha value is -2.41. The maximum atomic E-state index is 13.5. The van der Waals surface area contributed by atoms with Crippen LogP contribution in [0.5, 0.6) is 0 Å². The maximum absolute atomic E-state index is 13.5. The van der Waals surface area contributed by atoms with Crippen molar-refractivity contribution in [2.24, 2.45) is 0 Å². The molecular weight excluding hydrogens is 355 g/mol. The molecule has 5 nitrogen and oxygen atoms in total. The molecule has 0 aliphatic carbocycles. The molecule has 7 heteroatoms. The molecule has 140 valence electrons. The number of halogens is 1. The predicted molar refractivity (Wildman–Crippen MR) is 102 cm³/mol. The van der Waals surface area contributed by atoms with Gasteiger partial charge in [0.1, 0.15) is 11.9 Å². The molecule has 2 rings (SSSR count). The van der Waals surface area contributed by atoms with E-state index in [1.54, 1.807) is 12.1 Å². The van der Waals surface area contributed by atoms with Crippen molar-refractivity contribution in [3.63, 3.8) is 0 Å². The van der Waals surface area contributed by atoms with E-state index in [1.807, 2.05) is 26.0 Å². The van der Waals surface area contributed by atoms with Crippen molar-refractivity contribution >= 4 is 27.3 Å². The second-order valence-corrected chi connectivity index (χ2v) is 8.31. The normalized spacial score (nSPS) is 12.7. The number of para-hydroxylation sites is 1. The molecule has 0 unspecified atom stereocenters. The van der Waals surface area contributed by atoms with Crippen LogP contribution in [0.2, 0.25) is 0 Å². The summed E-state index contributed by atoms with van der Waals surface area (Å²) in [5, 5.41) is 2.79. The van der Waals surface area contributed by atoms with E-state index < -0.39 is 27.8 Å². The third-order valence-corrected chi connectivity index (χ3v) is 5.23. The second-order valence-electron chi connectivity index (χ2n) is 6.45. The molecule has 0 bridgehead atoms. The fourth-order valence-corrected chi connectivity index (χ4v) is 3.94. The van der Waals surface area contributed by atoms with E-state index >= 15 is 0 Å². The highest BCUT2D eigenvalue weighted by atomic mass is 32.2. The van der Waals surface area contributed by atoms with Gasteiger partial charge in [-0.25, -0.2) is 12.8 Å². The van der Waals surface area contributed by atoms with Crippen LogP contribution in [0, 0.1) is 5.82 Å². The first-order valence-corrected chi connectivity index (χ1v) is 10.1. The van der Waals surface area contributed by atoms with Gasteiger partial charge in [0.25, 0.3) is 0 Å². The van der Waals surface area contributed by atoms with Crippen LogP contribution in [0.4, 0.5) is 15.8 Å². The van der Waals surface area contributed by atoms with E-state index in [9.17, 15) is 17.6 Å². The highest BCUT2D eigenvalue weighted by Crippen LogP contribution is 2.26. The van der Waals surface area contributed by atoms with E-state index in [0.717, 1.165) is 22.2 Å². The van der Waals surface area contributed by atoms with E-state index in [0.29, 0.717) is 5.69 Å². The molecule has 1 amide bonds. The van der Waals surface area contributed by atoms with Gasteiger partial charge in [0, 0.05) is 5.69 Å². The van der Waals surface area contributed by atoms with Gasteiger partial charge >= 0.3 is 0 Å². The second kappa shape index (κ2) is 7.86. The van der Waals surface area contributed by atoms with Crippen molar-refractivity contribution in [1.29, 1.82) is 0 Å². The summed E-state index contributed by atoms with van der Waals surface area (Å²) in [7, 11) is -3.79. The number of nitrogens with zero attached hydrogens (tertiary/aromatic N) is 1. The van der Waals surface area contributed by atoms with Crippen molar-refractivity contribution in [3.8, 4) is 0 Å². The molecule has 0 fully saturated rings. The molecule has 0 radical (unpaired) electrons. The van der Waals surface area contributed by atoms with Gasteiger partial charge in [-0.05, 0) is 42.7 Å². The van der Waals surface area contributed by atoms with Gasteiger partial charge in [0.05, 0.1) is 11.9 Å². The lowest BCUT2D eigenvalue weighted by molar-refractivity contribution is -0.116. The third kappa shape index (κ3) is 4.60. The van der Waals surface area contributed by atoms with Crippen molar-refractivity contribution in [2.75, 3.05) is 15.9 Å². The Bertz CT molecular complexity index is 897. The van der Waals surface area contributed by atoms with Gasteiger partial charge < -0.3 is 5.32 Å². The van der Waals surface area contributed by atoms with Crippen molar-refractivity contribution < 1.29 is 17.6 Å². The Kier molecular flexibility index (Phi) is 6.02. The van der Waals surface area contributed by atoms with Gasteiger partial charge in [0.15, 0.2) is 0 Å². The Labute approximate surface area is 153 Å². The minimum Gasteiger partial charge on any atom is -0.324 e. The zero-order valence-corrected chi connectivity index (χ0v) is 16.0. The van der Waals surface area contributed by atoms with Crippen molar-refractivity contribution in [2.45, 2.75) is 32.7 Å². The molecule has 2 aromatic rings. The van der Waals surface area contributed by atoms with Crippen LogP contribution in [0.25, 0.3) is 0 Å². The highest BCUT2D eigenvalue weighted by Gasteiger charge is 2.29. The first-order chi connectivity index (χ1) is 12.1. The van der Waals surface area contributed by atoms with Crippen molar-refractivity contribution in [3.05, 3.63) is 59.9 Å². The summed E-state index contributed by atoms with van der Waals surface area (Å²) in [6.45, 7) is 5.48. The average Bonchev–Trinajstić information content (AvgIpc) is 2.54. The summed E-state index contributed by atoms with van der Waals surface area (Å²) in [5.74, 6) is -0.877. The topological polar surface area (TPSA) is 66.5 Å². The monoisotopic (exact) mass is 378 g/mol. The number of anilines is 2. The van der Waals surface area contributed by atoms with Gasteiger partial charge in [-0.1, -0.05) is 38.1 Å². The predicted octanol–water partition coefficient (Wildman–Crippen LogP) is 3.74. The Morgan fingerprint density at radius 2 is 1.73 bits per heavy atom. The smallest absolute Gasteiger partial charge is 0.248 e. The minimum absolute atomic E-state index is 0.104. The summed E-state index contributed by atoms with van der Waals surface area (Å²) in [6, 6.07) is 11.5. The number of sulfonamides is 1. The number of benzene rings is 2. The first kappa shape index (κ1) is 19.9. The quantitative estimate of drug-likeness (QED) is 0.833. The van der Waals surface area contributed by atoms with E-state index in [1.165, 1.54) is 25.1 Å². The number of hydrogen-bond donors (Lipinski definition) is 1. The molecule has 1 N–H and O–H groups in total. The SMILES string of the molecule is CC(C)c1ccccc1NC(=O)[C@H](C)N(c1cccc(F)c1)S(C)(=O)=O. The number of amides is 1. The lowest BCUT2D eigenvalue weighted by atomic mass is 10.0. The molecular formula is C19H23FN2O3S. The average molecular weight is 378 g/mol. The van der Waals surface area contributed by atoms with Crippen LogP contribution >= 0.6 is 0 Å². The molecule has 0 spiro atoms. The van der Waals surface area contributed by atoms with Gasteiger partial charge in [-0.15, -0.1) is 0 Å². The van der Waals surface area contributed by atoms with Crippen LogP contribution in [0.3, 0.4) is 0 Å². The number of carbonyl (C=O) groups is 1. The first-order valence-electron chi connectivity index (χ1n) is 8.26. The number of nitrogens with one attached hydrogen (secondary N) is 1. The van der Waals surface area contributed by atoms with E-state index in [-0.39, 0.29) is 11.6 Å². The molecule has 2 aromatic carbocycles. The van der Waals surface area contributed by atoms with Crippen LogP contribution < -0.4 is 9.62 Å². The summed E-state index contributed by atoms with van der Waals surface area (Å²) in [6.07, 6.45) is 0.990. The lowest BCUT2D eigenvalue weighted by Gasteiger charge is -2.28. The summed E-state index contributed by atoms with van der Waals surface area (Å²) in [4.78, 5) is 12.7. The Balaban J connectivity index is 2.35. The van der Waals surface area contributed by atoms with Gasteiger partial charge in [0.2, 0.25) is 15.9 Å². The van der Waals surface area contributed by atoms with Crippen LogP contribution in [-0.2, 0) is 14.8 Å². The lowest BCUT2D eigenvalue weighted by Crippen LogP contribution is -2.45. The van der Waals surface area contributed by atoms with Gasteiger partial charge in [-0.2, -0.15) is 0 Å². The Morgan fingerprint density at radius 1 is 1.08 bits per heavy atom. The molecule has 0 aliphatic rings. The largest absolute Gasteiger partial charge is 0.324 e. The summed E-state index contributed by atoms with van der Waals surface area (Å²) >= 11 is 0. The Morgan fingerprint density at radius 3 is 2.31 bits per heavy atom. The number of rotatable bonds is 6. The zero-order chi connectivity index (χ0) is 19.5. The molecule has 0 aromatic heterocycles. The maximum Gasteiger partial charge on any atom is 0.248 e. The highest BCUT2D eigenvalue weighted by molar-refractivity contribution is 7.92. The summed E-state index contributed by atoms with van der Waals surface area (Å²) < 4.78 is 38.9. The van der Waals surface area contributed by atoms with E-state index in [2.05, 4.69) is 5.32 Å². The van der Waals surface area contributed by atoms with Crippen LogP contribution in [0.15, 0.2) is 48.5 Å². The molecule has 0 saturated carbocycles. The fraction of sp³-hybridized carbons (Fsp3) is 0.316. The minimum atomic E-state index is -3.79. The van der Waals surface area contributed by atoms with Crippen LogP contribution in [-0.4, -0.2) is 26.6 Å². The number of carbonyl (C=O) groups excluding carboxylic acids is 1. The van der Waals surface area contributed by atoms with Crippen LogP contribution in [0.1, 0.15) is 32.3 Å².